The summed E-state index contributed by atoms with van der Waals surface area (Å²) in [6, 6.07) is 13.8. The molecule has 3 aromatic rings. The van der Waals surface area contributed by atoms with Gasteiger partial charge in [-0.05, 0) is 53.0 Å². The monoisotopic (exact) mass is 441 g/mol. The summed E-state index contributed by atoms with van der Waals surface area (Å²) < 4.78 is 5.24. The Hall–Kier alpha value is -2.73. The van der Waals surface area contributed by atoms with Crippen LogP contribution in [0.4, 0.5) is 0 Å². The number of aromatic hydroxyl groups is 1. The molecule has 0 spiro atoms. The highest BCUT2D eigenvalue weighted by Crippen LogP contribution is 2.36. The molecule has 2 aromatic carbocycles. The van der Waals surface area contributed by atoms with E-state index in [2.05, 4.69) is 20.9 Å². The van der Waals surface area contributed by atoms with E-state index in [0.29, 0.717) is 15.4 Å². The molecule has 0 radical (unpaired) electrons. The summed E-state index contributed by atoms with van der Waals surface area (Å²) in [5, 5.41) is 11.2. The average molecular weight is 442 g/mol. The van der Waals surface area contributed by atoms with Crippen molar-refractivity contribution in [3.05, 3.63) is 58.2 Å². The lowest BCUT2D eigenvalue weighted by atomic mass is 10.0. The highest BCUT2D eigenvalue weighted by atomic mass is 79.9. The van der Waals surface area contributed by atoms with Gasteiger partial charge in [-0.15, -0.1) is 0 Å². The van der Waals surface area contributed by atoms with Gasteiger partial charge < -0.3 is 9.84 Å². The van der Waals surface area contributed by atoms with Crippen LogP contribution in [0.25, 0.3) is 22.0 Å². The second kappa shape index (κ2) is 8.52. The number of hydrogen-bond acceptors (Lipinski definition) is 5. The fourth-order valence-electron chi connectivity index (χ4n) is 2.90. The Morgan fingerprint density at radius 3 is 2.43 bits per heavy atom. The van der Waals surface area contributed by atoms with Gasteiger partial charge in [0.1, 0.15) is 5.69 Å². The first-order valence-corrected chi connectivity index (χ1v) is 9.78. The van der Waals surface area contributed by atoms with Crippen molar-refractivity contribution in [1.29, 1.82) is 0 Å². The van der Waals surface area contributed by atoms with Crippen LogP contribution in [0.3, 0.4) is 0 Å². The van der Waals surface area contributed by atoms with E-state index in [1.165, 1.54) is 5.56 Å². The molecular formula is C22H20BrNO4. The quantitative estimate of drug-likeness (QED) is 0.419. The molecule has 0 aliphatic rings. The highest BCUT2D eigenvalue weighted by Gasteiger charge is 2.20. The van der Waals surface area contributed by atoms with Crippen LogP contribution in [0.1, 0.15) is 35.8 Å². The molecule has 0 aliphatic heterocycles. The number of aryl methyl sites for hydroxylation is 1. The summed E-state index contributed by atoms with van der Waals surface area (Å²) in [4.78, 5) is 28.2. The number of hydrogen-bond donors (Lipinski definition) is 1. The Morgan fingerprint density at radius 1 is 1.07 bits per heavy atom. The highest BCUT2D eigenvalue weighted by molar-refractivity contribution is 9.10. The number of ether oxygens (including phenoxy) is 1. The van der Waals surface area contributed by atoms with Crippen molar-refractivity contribution < 1.29 is 19.4 Å². The number of benzene rings is 2. The summed E-state index contributed by atoms with van der Waals surface area (Å²) in [6.07, 6.45) is -0.116. The second-order valence-electron chi connectivity index (χ2n) is 6.45. The van der Waals surface area contributed by atoms with Crippen LogP contribution in [0, 0.1) is 6.92 Å². The summed E-state index contributed by atoms with van der Waals surface area (Å²) in [5.74, 6) is -1.07. The SMILES string of the molecule is CCOC(=O)CCC(=O)c1nc2ccc(-c3ccc(C)cc3)cc2c(Br)c1O. The van der Waals surface area contributed by atoms with Gasteiger partial charge in [-0.25, -0.2) is 4.98 Å². The third-order valence-corrected chi connectivity index (χ3v) is 5.21. The fourth-order valence-corrected chi connectivity index (χ4v) is 3.41. The number of rotatable bonds is 6. The predicted octanol–water partition coefficient (Wildman–Crippen LogP) is 5.20. The molecule has 144 valence electrons. The first-order chi connectivity index (χ1) is 13.4. The summed E-state index contributed by atoms with van der Waals surface area (Å²) in [6.45, 7) is 4.00. The summed E-state index contributed by atoms with van der Waals surface area (Å²) >= 11 is 3.39. The van der Waals surface area contributed by atoms with E-state index < -0.39 is 11.8 Å². The number of fused-ring (bicyclic) bond motifs is 1. The molecule has 6 heteroatoms. The van der Waals surface area contributed by atoms with Gasteiger partial charge in [-0.1, -0.05) is 35.9 Å². The van der Waals surface area contributed by atoms with Crippen LogP contribution >= 0.6 is 15.9 Å². The second-order valence-corrected chi connectivity index (χ2v) is 7.24. The Bertz CT molecular complexity index is 1040. The number of Topliss-reactive ketones (excluding diaryl/α,β-unsaturated/α-hetero) is 1. The normalized spacial score (nSPS) is 10.8. The van der Waals surface area contributed by atoms with E-state index in [1.807, 2.05) is 49.4 Å². The van der Waals surface area contributed by atoms with Crippen LogP contribution in [0.5, 0.6) is 5.75 Å². The van der Waals surface area contributed by atoms with Crippen LogP contribution in [-0.4, -0.2) is 28.4 Å². The first-order valence-electron chi connectivity index (χ1n) is 8.98. The summed E-state index contributed by atoms with van der Waals surface area (Å²) in [7, 11) is 0. The molecule has 0 aliphatic carbocycles. The molecule has 1 aromatic heterocycles. The number of halogens is 1. The molecule has 0 bridgehead atoms. The zero-order valence-electron chi connectivity index (χ0n) is 15.7. The van der Waals surface area contributed by atoms with E-state index in [1.54, 1.807) is 6.92 Å². The third kappa shape index (κ3) is 4.22. The van der Waals surface area contributed by atoms with Gasteiger partial charge in [0.25, 0.3) is 0 Å². The van der Waals surface area contributed by atoms with Gasteiger partial charge >= 0.3 is 5.97 Å². The van der Waals surface area contributed by atoms with Crippen LogP contribution < -0.4 is 0 Å². The maximum Gasteiger partial charge on any atom is 0.306 e. The van der Waals surface area contributed by atoms with Gasteiger partial charge in [-0.2, -0.15) is 0 Å². The Balaban J connectivity index is 1.94. The van der Waals surface area contributed by atoms with Crippen LogP contribution in [-0.2, 0) is 9.53 Å². The number of ketones is 1. The van der Waals surface area contributed by atoms with Crippen molar-refractivity contribution in [2.24, 2.45) is 0 Å². The lowest BCUT2D eigenvalue weighted by molar-refractivity contribution is -0.143. The van der Waals surface area contributed by atoms with Crippen LogP contribution in [0.15, 0.2) is 46.9 Å². The number of pyridine rings is 1. The predicted molar refractivity (Wildman–Crippen MR) is 111 cm³/mol. The van der Waals surface area contributed by atoms with Crippen molar-refractivity contribution in [2.75, 3.05) is 6.61 Å². The molecule has 1 N–H and O–H groups in total. The number of carbonyl (C=O) groups excluding carboxylic acids is 2. The number of aromatic nitrogens is 1. The smallest absolute Gasteiger partial charge is 0.306 e. The molecule has 0 atom stereocenters. The van der Waals surface area contributed by atoms with Crippen LogP contribution in [0.2, 0.25) is 0 Å². The van der Waals surface area contributed by atoms with E-state index in [0.717, 1.165) is 11.1 Å². The lowest BCUT2D eigenvalue weighted by Crippen LogP contribution is -2.09. The standard InChI is InChI=1S/C22H20BrNO4/c1-3-28-19(26)11-10-18(25)21-22(27)20(23)16-12-15(8-9-17(16)24-21)14-6-4-13(2)5-7-14/h4-9,12,27H,3,10-11H2,1-2H3. The maximum absolute atomic E-state index is 12.4. The molecule has 0 saturated carbocycles. The maximum atomic E-state index is 12.4. The number of esters is 1. The third-order valence-electron chi connectivity index (χ3n) is 4.41. The molecule has 0 unspecified atom stereocenters. The van der Waals surface area contributed by atoms with Crippen molar-refractivity contribution in [1.82, 2.24) is 4.98 Å². The minimum absolute atomic E-state index is 0.0458. The van der Waals surface area contributed by atoms with E-state index in [-0.39, 0.29) is 30.9 Å². The summed E-state index contributed by atoms with van der Waals surface area (Å²) in [5.41, 5.74) is 3.74. The van der Waals surface area contributed by atoms with E-state index in [9.17, 15) is 14.7 Å². The fraction of sp³-hybridized carbons (Fsp3) is 0.227. The molecule has 0 amide bonds. The molecular weight excluding hydrogens is 422 g/mol. The number of nitrogens with zero attached hydrogens (tertiary/aromatic N) is 1. The molecule has 0 saturated heterocycles. The zero-order valence-corrected chi connectivity index (χ0v) is 17.2. The van der Waals surface area contributed by atoms with Gasteiger partial charge in [0, 0.05) is 11.8 Å². The Labute approximate surface area is 171 Å². The molecule has 0 fully saturated rings. The van der Waals surface area contributed by atoms with Gasteiger partial charge in [0.2, 0.25) is 0 Å². The molecule has 28 heavy (non-hydrogen) atoms. The molecule has 1 heterocycles. The Kier molecular flexibility index (Phi) is 6.09. The van der Waals surface area contributed by atoms with Crippen molar-refractivity contribution in [3.63, 3.8) is 0 Å². The minimum Gasteiger partial charge on any atom is -0.504 e. The van der Waals surface area contributed by atoms with Crippen molar-refractivity contribution >= 4 is 38.6 Å². The van der Waals surface area contributed by atoms with E-state index in [4.69, 9.17) is 4.74 Å². The topological polar surface area (TPSA) is 76.5 Å². The lowest BCUT2D eigenvalue weighted by Gasteiger charge is -2.10. The number of carbonyl (C=O) groups is 2. The first kappa shape index (κ1) is 20.0. The van der Waals surface area contributed by atoms with Crippen molar-refractivity contribution in [3.8, 4) is 16.9 Å². The minimum atomic E-state index is -0.446. The van der Waals surface area contributed by atoms with Crippen molar-refractivity contribution in [2.45, 2.75) is 26.7 Å². The van der Waals surface area contributed by atoms with Gasteiger partial charge in [-0.3, -0.25) is 9.59 Å². The molecule has 3 rings (SSSR count). The largest absolute Gasteiger partial charge is 0.504 e. The van der Waals surface area contributed by atoms with Gasteiger partial charge in [0.05, 0.1) is 23.0 Å². The van der Waals surface area contributed by atoms with E-state index >= 15 is 0 Å². The molecule has 5 nitrogen and oxygen atoms in total. The van der Waals surface area contributed by atoms with Gasteiger partial charge in [0.15, 0.2) is 11.5 Å². The Morgan fingerprint density at radius 2 is 1.75 bits per heavy atom. The average Bonchev–Trinajstić information content (AvgIpc) is 2.69. The zero-order chi connectivity index (χ0) is 20.3.